The zero-order valence-electron chi connectivity index (χ0n) is 15.2. The monoisotopic (exact) mass is 397 g/mol. The van der Waals surface area contributed by atoms with E-state index >= 15 is 0 Å². The summed E-state index contributed by atoms with van der Waals surface area (Å²) in [5.41, 5.74) is 0.801. The smallest absolute Gasteiger partial charge is 0.345 e. The maximum Gasteiger partial charge on any atom is 0.345 e. The molecule has 0 radical (unpaired) electrons. The molecule has 0 spiro atoms. The Morgan fingerprint density at radius 1 is 0.862 bits per heavy atom. The van der Waals surface area contributed by atoms with Crippen molar-refractivity contribution in [3.8, 4) is 5.75 Å². The van der Waals surface area contributed by atoms with Crippen LogP contribution in [0.3, 0.4) is 0 Å². The summed E-state index contributed by atoms with van der Waals surface area (Å²) >= 11 is 0. The zero-order chi connectivity index (χ0) is 20.6. The second-order valence-electron chi connectivity index (χ2n) is 6.02. The number of hydrogen-bond acceptors (Lipinski definition) is 4. The fraction of sp³-hybridized carbons (Fsp3) is 0.0909. The summed E-state index contributed by atoms with van der Waals surface area (Å²) in [6.07, 6.45) is -1.25. The Balaban J connectivity index is 1.69. The number of rotatable bonds is 7. The average Bonchev–Trinajstić information content (AvgIpc) is 2.73. The molecule has 0 heterocycles. The van der Waals surface area contributed by atoms with Crippen molar-refractivity contribution >= 4 is 17.6 Å². The van der Waals surface area contributed by atoms with Crippen molar-refractivity contribution in [1.29, 1.82) is 0 Å². The standard InChI is InChI=1S/C22H17F2NO4/c23-16-9-11-18(12-10-16)25-22(27)21(15-5-2-1-3-6-15)29-20(26)14-28-19-8-4-7-17(24)13-19/h1-13,21H,14H2,(H,25,27)/t21-/m0/s1. The summed E-state index contributed by atoms with van der Waals surface area (Å²) in [7, 11) is 0. The highest BCUT2D eigenvalue weighted by Crippen LogP contribution is 2.21. The lowest BCUT2D eigenvalue weighted by atomic mass is 10.1. The van der Waals surface area contributed by atoms with E-state index < -0.39 is 36.2 Å². The molecule has 1 N–H and O–H groups in total. The first kappa shape index (κ1) is 20.0. The molecule has 0 saturated heterocycles. The lowest BCUT2D eigenvalue weighted by Gasteiger charge is -2.18. The van der Waals surface area contributed by atoms with Crippen LogP contribution < -0.4 is 10.1 Å². The Morgan fingerprint density at radius 2 is 1.59 bits per heavy atom. The van der Waals surface area contributed by atoms with Crippen molar-refractivity contribution in [3.63, 3.8) is 0 Å². The lowest BCUT2D eigenvalue weighted by molar-refractivity contribution is -0.156. The highest BCUT2D eigenvalue weighted by molar-refractivity contribution is 5.96. The van der Waals surface area contributed by atoms with Gasteiger partial charge >= 0.3 is 5.97 Å². The van der Waals surface area contributed by atoms with Crippen molar-refractivity contribution in [2.75, 3.05) is 11.9 Å². The summed E-state index contributed by atoms with van der Waals surface area (Å²) in [4.78, 5) is 24.9. The van der Waals surface area contributed by atoms with E-state index in [0.717, 1.165) is 6.07 Å². The molecule has 0 aromatic heterocycles. The Labute approximate surface area is 165 Å². The first-order valence-electron chi connectivity index (χ1n) is 8.70. The van der Waals surface area contributed by atoms with E-state index in [-0.39, 0.29) is 5.75 Å². The van der Waals surface area contributed by atoms with E-state index in [1.165, 1.54) is 42.5 Å². The minimum absolute atomic E-state index is 0.161. The largest absolute Gasteiger partial charge is 0.482 e. The number of anilines is 1. The fourth-order valence-corrected chi connectivity index (χ4v) is 2.51. The van der Waals surface area contributed by atoms with E-state index in [2.05, 4.69) is 5.32 Å². The lowest BCUT2D eigenvalue weighted by Crippen LogP contribution is -2.28. The maximum absolute atomic E-state index is 13.2. The van der Waals surface area contributed by atoms with Crippen LogP contribution in [0.4, 0.5) is 14.5 Å². The minimum Gasteiger partial charge on any atom is -0.482 e. The molecule has 0 fully saturated rings. The molecule has 148 valence electrons. The minimum atomic E-state index is -1.25. The quantitative estimate of drug-likeness (QED) is 0.605. The van der Waals surface area contributed by atoms with Crippen LogP contribution >= 0.6 is 0 Å². The Morgan fingerprint density at radius 3 is 2.28 bits per heavy atom. The van der Waals surface area contributed by atoms with Gasteiger partial charge in [-0.25, -0.2) is 13.6 Å². The van der Waals surface area contributed by atoms with E-state index in [0.29, 0.717) is 11.3 Å². The van der Waals surface area contributed by atoms with Crippen LogP contribution in [0, 0.1) is 11.6 Å². The van der Waals surface area contributed by atoms with Gasteiger partial charge in [0.25, 0.3) is 5.91 Å². The number of halogens is 2. The molecule has 0 unspecified atom stereocenters. The van der Waals surface area contributed by atoms with Gasteiger partial charge in [0, 0.05) is 17.3 Å². The molecule has 7 heteroatoms. The van der Waals surface area contributed by atoms with Crippen LogP contribution in [-0.4, -0.2) is 18.5 Å². The Hall–Kier alpha value is -3.74. The van der Waals surface area contributed by atoms with Gasteiger partial charge in [-0.15, -0.1) is 0 Å². The number of hydrogen-bond donors (Lipinski definition) is 1. The Kier molecular flexibility index (Phi) is 6.52. The first-order valence-corrected chi connectivity index (χ1v) is 8.70. The van der Waals surface area contributed by atoms with Crippen LogP contribution in [0.15, 0.2) is 78.9 Å². The van der Waals surface area contributed by atoms with Crippen molar-refractivity contribution < 1.29 is 27.8 Å². The highest BCUT2D eigenvalue weighted by atomic mass is 19.1. The second-order valence-corrected chi connectivity index (χ2v) is 6.02. The fourth-order valence-electron chi connectivity index (χ4n) is 2.51. The molecule has 29 heavy (non-hydrogen) atoms. The molecule has 1 atom stereocenters. The van der Waals surface area contributed by atoms with Crippen molar-refractivity contribution in [1.82, 2.24) is 0 Å². The molecule has 0 saturated carbocycles. The first-order chi connectivity index (χ1) is 14.0. The summed E-state index contributed by atoms with van der Waals surface area (Å²) < 4.78 is 36.7. The highest BCUT2D eigenvalue weighted by Gasteiger charge is 2.25. The molecule has 3 rings (SSSR count). The van der Waals surface area contributed by atoms with Crippen LogP contribution in [-0.2, 0) is 14.3 Å². The number of esters is 1. The van der Waals surface area contributed by atoms with Gasteiger partial charge in [-0.3, -0.25) is 4.79 Å². The van der Waals surface area contributed by atoms with Gasteiger partial charge in [-0.05, 0) is 36.4 Å². The summed E-state index contributed by atoms with van der Waals surface area (Å²) in [6.45, 7) is -0.503. The molecule has 0 aliphatic rings. The van der Waals surface area contributed by atoms with E-state index in [9.17, 15) is 18.4 Å². The summed E-state index contributed by atoms with van der Waals surface area (Å²) in [5.74, 6) is -2.20. The zero-order valence-corrected chi connectivity index (χ0v) is 15.2. The number of carbonyl (C=O) groups is 2. The van der Waals surface area contributed by atoms with Gasteiger partial charge in [-0.1, -0.05) is 36.4 Å². The number of ether oxygens (including phenoxy) is 2. The second kappa shape index (κ2) is 9.45. The topological polar surface area (TPSA) is 64.6 Å². The summed E-state index contributed by atoms with van der Waals surface area (Å²) in [5, 5.41) is 2.58. The van der Waals surface area contributed by atoms with Crippen molar-refractivity contribution in [2.24, 2.45) is 0 Å². The van der Waals surface area contributed by atoms with Crippen LogP contribution in [0.2, 0.25) is 0 Å². The van der Waals surface area contributed by atoms with Gasteiger partial charge in [0.05, 0.1) is 0 Å². The van der Waals surface area contributed by atoms with E-state index in [1.807, 2.05) is 0 Å². The number of nitrogens with one attached hydrogen (secondary N) is 1. The molecule has 0 aliphatic carbocycles. The number of benzene rings is 3. The molecule has 0 aliphatic heterocycles. The Bertz CT molecular complexity index is 978. The van der Waals surface area contributed by atoms with E-state index in [1.54, 1.807) is 30.3 Å². The van der Waals surface area contributed by atoms with Crippen LogP contribution in [0.25, 0.3) is 0 Å². The molecule has 1 amide bonds. The third-order valence-electron chi connectivity index (χ3n) is 3.85. The maximum atomic E-state index is 13.2. The third-order valence-corrected chi connectivity index (χ3v) is 3.85. The van der Waals surface area contributed by atoms with Gasteiger partial charge in [0.2, 0.25) is 6.10 Å². The molecule has 3 aromatic carbocycles. The SMILES string of the molecule is O=C(COc1cccc(F)c1)O[C@H](C(=O)Nc1ccc(F)cc1)c1ccccc1. The average molecular weight is 397 g/mol. The van der Waals surface area contributed by atoms with Crippen molar-refractivity contribution in [3.05, 3.63) is 96.1 Å². The van der Waals surface area contributed by atoms with Crippen LogP contribution in [0.1, 0.15) is 11.7 Å². The van der Waals surface area contributed by atoms with Gasteiger partial charge in [0.1, 0.15) is 17.4 Å². The van der Waals surface area contributed by atoms with Crippen molar-refractivity contribution in [2.45, 2.75) is 6.10 Å². The third kappa shape index (κ3) is 5.87. The molecular weight excluding hydrogens is 380 g/mol. The van der Waals surface area contributed by atoms with Gasteiger partial charge < -0.3 is 14.8 Å². The predicted octanol–water partition coefficient (Wildman–Crippen LogP) is 4.27. The summed E-state index contributed by atoms with van der Waals surface area (Å²) in [6, 6.07) is 18.9. The number of carbonyl (C=O) groups excluding carboxylic acids is 2. The molecule has 5 nitrogen and oxygen atoms in total. The predicted molar refractivity (Wildman–Crippen MR) is 102 cm³/mol. The van der Waals surface area contributed by atoms with Gasteiger partial charge in [0.15, 0.2) is 6.61 Å². The van der Waals surface area contributed by atoms with Gasteiger partial charge in [-0.2, -0.15) is 0 Å². The normalized spacial score (nSPS) is 11.4. The molecule has 0 bridgehead atoms. The van der Waals surface area contributed by atoms with Crippen LogP contribution in [0.5, 0.6) is 5.75 Å². The number of amides is 1. The molecular formula is C22H17F2NO4. The van der Waals surface area contributed by atoms with E-state index in [4.69, 9.17) is 9.47 Å². The molecule has 3 aromatic rings.